The average Bonchev–Trinajstić information content (AvgIpc) is 1.25. The van der Waals surface area contributed by atoms with Crippen LogP contribution in [0.15, 0.2) is 36.0 Å². The van der Waals surface area contributed by atoms with Gasteiger partial charge in [0.1, 0.15) is 84.3 Å². The third kappa shape index (κ3) is 26.7. The van der Waals surface area contributed by atoms with Crippen LogP contribution in [0.2, 0.25) is 0 Å². The predicted octanol–water partition coefficient (Wildman–Crippen LogP) is -6.11. The summed E-state index contributed by atoms with van der Waals surface area (Å²) in [5.41, 5.74) is 10.5. The van der Waals surface area contributed by atoms with E-state index < -0.39 is 232 Å². The van der Waals surface area contributed by atoms with Crippen molar-refractivity contribution in [3.05, 3.63) is 41.6 Å². The van der Waals surface area contributed by atoms with Crippen LogP contribution in [-0.2, 0) is 78.2 Å². The van der Waals surface area contributed by atoms with E-state index in [1.165, 1.54) is 31.2 Å². The molecule has 0 spiro atoms. The number of phenols is 1. The number of likely N-dealkylation sites (N-methyl/N-ethyl adjacent to an activating group) is 1. The van der Waals surface area contributed by atoms with Crippen molar-refractivity contribution in [2.24, 2.45) is 11.5 Å². The molecule has 0 aliphatic carbocycles. The van der Waals surface area contributed by atoms with E-state index in [9.17, 15) is 103 Å². The third-order valence-electron chi connectivity index (χ3n) is 16.2. The Labute approximate surface area is 560 Å². The Bertz CT molecular complexity index is 2850. The topological polar surface area (TPSA) is 566 Å². The Balaban J connectivity index is 2.26. The number of cyclic esters (lactones) is 1. The summed E-state index contributed by atoms with van der Waals surface area (Å²) in [5, 5.41) is 114. The van der Waals surface area contributed by atoms with E-state index in [1.807, 2.05) is 0 Å². The summed E-state index contributed by atoms with van der Waals surface area (Å²) in [6, 6.07) is -8.97. The molecule has 546 valence electrons. The highest BCUT2D eigenvalue weighted by Crippen LogP contribution is 2.25. The lowest BCUT2D eigenvalue weighted by Crippen LogP contribution is -2.64. The molecule has 0 aromatic heterocycles. The fourth-order valence-electron chi connectivity index (χ4n) is 10.4. The number of esters is 1. The maximum atomic E-state index is 14.8. The molecule has 3 rings (SSSR count). The van der Waals surface area contributed by atoms with Crippen LogP contribution in [0.4, 0.5) is 0 Å². The maximum absolute atomic E-state index is 14.8. The monoisotopic (exact) mass is 1380 g/mol. The Morgan fingerprint density at radius 1 is 0.732 bits per heavy atom. The van der Waals surface area contributed by atoms with Gasteiger partial charge in [-0.15, -0.1) is 0 Å². The van der Waals surface area contributed by atoms with Crippen LogP contribution in [0.5, 0.6) is 5.75 Å². The number of ether oxygens (including phenoxy) is 3. The van der Waals surface area contributed by atoms with Crippen LogP contribution in [0.3, 0.4) is 0 Å². The normalized spacial score (nSPS) is 27.1. The molecule has 2 aliphatic rings. The zero-order valence-corrected chi connectivity index (χ0v) is 55.6. The lowest BCUT2D eigenvalue weighted by molar-refractivity contribution is -0.312. The van der Waals surface area contributed by atoms with Crippen LogP contribution >= 0.6 is 0 Å². The van der Waals surface area contributed by atoms with Gasteiger partial charge in [-0.2, -0.15) is 0 Å². The number of phenolic OH excluding ortho intramolecular Hbond substituents is 1. The highest BCUT2D eigenvalue weighted by Gasteiger charge is 2.47. The lowest BCUT2D eigenvalue weighted by Gasteiger charge is -2.42. The Morgan fingerprint density at radius 3 is 1.87 bits per heavy atom. The molecule has 18 atom stereocenters. The van der Waals surface area contributed by atoms with E-state index in [2.05, 4.69) is 49.5 Å². The molecule has 1 aromatic rings. The number of amides is 11. The lowest BCUT2D eigenvalue weighted by atomic mass is 9.99. The summed E-state index contributed by atoms with van der Waals surface area (Å²) in [6.07, 6.45) is -14.6. The predicted molar refractivity (Wildman–Crippen MR) is 339 cm³/mol. The summed E-state index contributed by atoms with van der Waals surface area (Å²) < 4.78 is 17.0. The standard InChI is InChI=1S/C62H99N11O24/c1-8-10-11-12-13-14-15-16-17-18-40(78)49(82)60(93)71-46(31(4)76)57(90)72-47-32(5)95-61(94)38(24-26-43(64)80)68-59(92)48(33(6)96-62-52(85)51(84)50(83)41(29-74)97-62)73(7)44(81)28-65-53(86)37(23-25-42(63)79)67-54(87)36(9-2)66-55(88)39(27-34-19-21-35(77)22-20-34)69-56(89)45(30(3)75)70-58(47)91/h9,19-22,30-33,37-41,45-52,62,74-78,82-85H,8,10-18,23-29H2,1-7H3,(H2,63,79)(H2,64,80)(H,65,86)(H,66,88)(H,67,87)(H,68,92)(H,69,89)(H,70,91)(H,71,93)(H,72,90)/b36-9-/t30?,31?,32?,33?,37?,38?,39-,40?,41?,45?,46?,47?,48?,49?,50-,51?,52?,62-/m1/s1. The number of unbranched alkanes of at least 4 members (excludes halogenated alkanes) is 8. The van der Waals surface area contributed by atoms with Gasteiger partial charge in [0.05, 0.1) is 37.6 Å². The minimum absolute atomic E-state index is 0.0402. The first-order chi connectivity index (χ1) is 45.7. The molecule has 2 saturated heterocycles. The fraction of sp³-hybridized carbons (Fsp3) is 0.677. The van der Waals surface area contributed by atoms with E-state index in [1.54, 1.807) is 0 Å². The Kier molecular flexibility index (Phi) is 35.4. The zero-order chi connectivity index (χ0) is 73.0. The maximum Gasteiger partial charge on any atom is 0.329 e. The van der Waals surface area contributed by atoms with Crippen LogP contribution in [0, 0.1) is 0 Å². The number of hydrogen-bond donors (Lipinski definition) is 19. The minimum Gasteiger partial charge on any atom is -0.508 e. The first-order valence-electron chi connectivity index (χ1n) is 32.2. The summed E-state index contributed by atoms with van der Waals surface area (Å²) in [4.78, 5) is 168. The number of nitrogens with one attached hydrogen (secondary N) is 8. The van der Waals surface area contributed by atoms with Crippen molar-refractivity contribution >= 4 is 70.9 Å². The van der Waals surface area contributed by atoms with Gasteiger partial charge in [-0.25, -0.2) is 4.79 Å². The number of nitrogens with two attached hydrogens (primary N) is 2. The van der Waals surface area contributed by atoms with Crippen molar-refractivity contribution in [1.82, 2.24) is 47.4 Å². The van der Waals surface area contributed by atoms with Crippen molar-refractivity contribution in [2.45, 2.75) is 247 Å². The van der Waals surface area contributed by atoms with E-state index in [4.69, 9.17) is 25.7 Å². The summed E-state index contributed by atoms with van der Waals surface area (Å²) in [7, 11) is 0.982. The highest BCUT2D eigenvalue weighted by molar-refractivity contribution is 6.02. The third-order valence-corrected chi connectivity index (χ3v) is 16.2. The van der Waals surface area contributed by atoms with Gasteiger partial charge in [0.15, 0.2) is 12.4 Å². The van der Waals surface area contributed by atoms with Crippen LogP contribution in [-0.4, -0.2) is 252 Å². The molecule has 2 fully saturated rings. The van der Waals surface area contributed by atoms with Gasteiger partial charge in [-0.05, 0) is 71.6 Å². The largest absolute Gasteiger partial charge is 0.508 e. The average molecular weight is 1380 g/mol. The number of aromatic hydroxyl groups is 1. The van der Waals surface area contributed by atoms with Crippen molar-refractivity contribution in [2.75, 3.05) is 20.2 Å². The van der Waals surface area contributed by atoms with Gasteiger partial charge in [0, 0.05) is 26.3 Å². The van der Waals surface area contributed by atoms with Gasteiger partial charge >= 0.3 is 5.97 Å². The second-order valence-electron chi connectivity index (χ2n) is 24.1. The second kappa shape index (κ2) is 41.3. The summed E-state index contributed by atoms with van der Waals surface area (Å²) >= 11 is 0. The van der Waals surface area contributed by atoms with E-state index in [0.717, 1.165) is 85.8 Å². The second-order valence-corrected chi connectivity index (χ2v) is 24.1. The van der Waals surface area contributed by atoms with Crippen molar-refractivity contribution in [3.63, 3.8) is 0 Å². The van der Waals surface area contributed by atoms with Crippen LogP contribution < -0.4 is 54.0 Å². The summed E-state index contributed by atoms with van der Waals surface area (Å²) in [5.74, 6) is -15.4. The number of primary amides is 2. The van der Waals surface area contributed by atoms with Crippen molar-refractivity contribution < 1.29 is 118 Å². The number of allylic oxidation sites excluding steroid dienone is 1. The molecular formula is C62H99N11O24. The van der Waals surface area contributed by atoms with Gasteiger partial charge in [0.2, 0.25) is 53.2 Å². The molecule has 35 nitrogen and oxygen atoms in total. The highest BCUT2D eigenvalue weighted by atomic mass is 16.7. The fourth-order valence-corrected chi connectivity index (χ4v) is 10.4. The number of benzene rings is 1. The van der Waals surface area contributed by atoms with Gasteiger partial charge in [0.25, 0.3) is 11.8 Å². The number of carbonyl (C=O) groups is 12. The first-order valence-corrected chi connectivity index (χ1v) is 32.2. The van der Waals surface area contributed by atoms with Crippen molar-refractivity contribution in [1.29, 1.82) is 0 Å². The Morgan fingerprint density at radius 2 is 1.31 bits per heavy atom. The van der Waals surface area contributed by atoms with E-state index in [0.29, 0.717) is 17.7 Å². The number of aliphatic hydroxyl groups excluding tert-OH is 8. The number of rotatable bonds is 29. The molecule has 21 N–H and O–H groups in total. The SMILES string of the molecule is C/C=C1\NC(=O)[C@@H](Cc2ccc(O)cc2)NC(=O)C(C(C)O)NC(=O)C(NC(=O)C(NC(=O)C(O)C(O)CCCCCCCCCCC)C(C)O)C(C)OC(=O)C(CCC(N)=O)NC(=O)C(C(C)O[C@@H]2OC(CO)[C@@H](O)C(O)C2O)N(C)C(=O)CNC(=O)C(CCC(N)=O)NC1=O. The van der Waals surface area contributed by atoms with E-state index in [-0.39, 0.29) is 17.7 Å². The van der Waals surface area contributed by atoms with Gasteiger partial charge in [-0.3, -0.25) is 52.7 Å². The zero-order valence-electron chi connectivity index (χ0n) is 55.6. The number of carbonyl (C=O) groups excluding carboxylic acids is 12. The van der Waals surface area contributed by atoms with Crippen LogP contribution in [0.1, 0.15) is 137 Å². The first kappa shape index (κ1) is 83.2. The van der Waals surface area contributed by atoms with Gasteiger partial charge < -0.3 is 119 Å². The van der Waals surface area contributed by atoms with Crippen LogP contribution in [0.25, 0.3) is 0 Å². The molecule has 97 heavy (non-hydrogen) atoms. The molecule has 0 radical (unpaired) electrons. The number of hydrogen-bond acceptors (Lipinski definition) is 24. The Hall–Kier alpha value is -8.00. The molecule has 35 heteroatoms. The molecule has 0 bridgehead atoms. The van der Waals surface area contributed by atoms with Gasteiger partial charge in [-0.1, -0.05) is 82.9 Å². The molecule has 11 amide bonds. The molecule has 2 aliphatic heterocycles. The van der Waals surface area contributed by atoms with Crippen molar-refractivity contribution in [3.8, 4) is 5.75 Å². The molecule has 1 aromatic carbocycles. The number of nitrogens with zero attached hydrogens (tertiary/aromatic N) is 1. The molecule has 2 heterocycles. The number of aliphatic hydroxyl groups is 8. The molecular weight excluding hydrogens is 1280 g/mol. The molecule has 0 saturated carbocycles. The van der Waals surface area contributed by atoms with E-state index >= 15 is 0 Å². The quantitative estimate of drug-likeness (QED) is 0.0202. The smallest absolute Gasteiger partial charge is 0.329 e. The minimum atomic E-state index is -2.30. The molecule has 15 unspecified atom stereocenters. The summed E-state index contributed by atoms with van der Waals surface area (Å²) in [6.45, 7) is 5.52.